The van der Waals surface area contributed by atoms with Gasteiger partial charge in [0.05, 0.1) is 0 Å². The van der Waals surface area contributed by atoms with Crippen LogP contribution in [0.25, 0.3) is 0 Å². The lowest BCUT2D eigenvalue weighted by molar-refractivity contribution is 0.150. The van der Waals surface area contributed by atoms with Crippen LogP contribution in [0.3, 0.4) is 0 Å². The molecule has 1 aliphatic rings. The van der Waals surface area contributed by atoms with Gasteiger partial charge >= 0.3 is 0 Å². The quantitative estimate of drug-likeness (QED) is 0.683. The van der Waals surface area contributed by atoms with Crippen LogP contribution in [0, 0.1) is 5.92 Å². The number of hydrogen-bond acceptors (Lipinski definition) is 3. The standard InChI is InChI=1S/C16H35N3/c1-14(2)17-10-6-7-15(3)19(5)13-16-8-11-18(4)12-9-16/h14-17H,6-13H2,1-5H3. The van der Waals surface area contributed by atoms with Gasteiger partial charge in [0.2, 0.25) is 0 Å². The third-order valence-corrected chi connectivity index (χ3v) is 4.49. The maximum absolute atomic E-state index is 3.50. The summed E-state index contributed by atoms with van der Waals surface area (Å²) in [6.45, 7) is 11.8. The summed E-state index contributed by atoms with van der Waals surface area (Å²) >= 11 is 0. The summed E-state index contributed by atoms with van der Waals surface area (Å²) < 4.78 is 0. The zero-order valence-corrected chi connectivity index (χ0v) is 13.8. The molecule has 0 amide bonds. The zero-order chi connectivity index (χ0) is 14.3. The predicted molar refractivity (Wildman–Crippen MR) is 84.7 cm³/mol. The molecule has 114 valence electrons. The molecular formula is C16H35N3. The molecule has 19 heavy (non-hydrogen) atoms. The fourth-order valence-electron chi connectivity index (χ4n) is 2.84. The van der Waals surface area contributed by atoms with Gasteiger partial charge in [0.15, 0.2) is 0 Å². The number of rotatable bonds is 8. The molecule has 1 N–H and O–H groups in total. The number of nitrogens with zero attached hydrogens (tertiary/aromatic N) is 2. The first kappa shape index (κ1) is 16.9. The molecule has 0 saturated carbocycles. The Morgan fingerprint density at radius 1 is 1.21 bits per heavy atom. The molecule has 1 unspecified atom stereocenters. The van der Waals surface area contributed by atoms with Crippen molar-refractivity contribution >= 4 is 0 Å². The fourth-order valence-corrected chi connectivity index (χ4v) is 2.84. The summed E-state index contributed by atoms with van der Waals surface area (Å²) in [5.74, 6) is 0.914. The molecule has 0 aromatic carbocycles. The zero-order valence-electron chi connectivity index (χ0n) is 13.8. The van der Waals surface area contributed by atoms with Gasteiger partial charge in [-0.2, -0.15) is 0 Å². The second kappa shape index (κ2) is 8.93. The summed E-state index contributed by atoms with van der Waals surface area (Å²) in [6, 6.07) is 1.33. The molecule has 0 radical (unpaired) electrons. The number of hydrogen-bond donors (Lipinski definition) is 1. The highest BCUT2D eigenvalue weighted by atomic mass is 15.1. The average molecular weight is 269 g/mol. The normalized spacial score (nSPS) is 20.4. The Kier molecular flexibility index (Phi) is 7.96. The average Bonchev–Trinajstić information content (AvgIpc) is 2.36. The van der Waals surface area contributed by atoms with Crippen LogP contribution in [0.4, 0.5) is 0 Å². The lowest BCUT2D eigenvalue weighted by atomic mass is 9.96. The van der Waals surface area contributed by atoms with Crippen LogP contribution in [-0.2, 0) is 0 Å². The Morgan fingerprint density at radius 2 is 1.84 bits per heavy atom. The van der Waals surface area contributed by atoms with Gasteiger partial charge in [0.1, 0.15) is 0 Å². The molecule has 0 aliphatic carbocycles. The van der Waals surface area contributed by atoms with Crippen LogP contribution in [-0.4, -0.2) is 62.2 Å². The first-order valence-corrected chi connectivity index (χ1v) is 8.11. The van der Waals surface area contributed by atoms with Crippen molar-refractivity contribution in [2.75, 3.05) is 40.3 Å². The predicted octanol–water partition coefficient (Wildman–Crippen LogP) is 2.43. The topological polar surface area (TPSA) is 18.5 Å². The van der Waals surface area contributed by atoms with Crippen molar-refractivity contribution in [3.63, 3.8) is 0 Å². The van der Waals surface area contributed by atoms with E-state index in [0.717, 1.165) is 12.5 Å². The molecule has 0 aromatic rings. The molecule has 1 aliphatic heterocycles. The van der Waals surface area contributed by atoms with Crippen molar-refractivity contribution in [3.05, 3.63) is 0 Å². The van der Waals surface area contributed by atoms with Crippen molar-refractivity contribution in [1.82, 2.24) is 15.1 Å². The largest absolute Gasteiger partial charge is 0.315 e. The van der Waals surface area contributed by atoms with Crippen LogP contribution in [0.15, 0.2) is 0 Å². The third kappa shape index (κ3) is 7.28. The van der Waals surface area contributed by atoms with Gasteiger partial charge in [-0.25, -0.2) is 0 Å². The van der Waals surface area contributed by atoms with Crippen molar-refractivity contribution in [2.45, 2.75) is 58.5 Å². The first-order valence-electron chi connectivity index (χ1n) is 8.11. The Hall–Kier alpha value is -0.120. The van der Waals surface area contributed by atoms with E-state index >= 15 is 0 Å². The van der Waals surface area contributed by atoms with E-state index < -0.39 is 0 Å². The van der Waals surface area contributed by atoms with E-state index in [4.69, 9.17) is 0 Å². The molecule has 1 saturated heterocycles. The smallest absolute Gasteiger partial charge is 0.00644 e. The minimum Gasteiger partial charge on any atom is -0.315 e. The number of piperidine rings is 1. The van der Waals surface area contributed by atoms with Crippen molar-refractivity contribution in [1.29, 1.82) is 0 Å². The van der Waals surface area contributed by atoms with Gasteiger partial charge in [-0.05, 0) is 72.3 Å². The summed E-state index contributed by atoms with van der Waals surface area (Å²) in [5, 5.41) is 3.50. The highest BCUT2D eigenvalue weighted by Crippen LogP contribution is 2.18. The van der Waals surface area contributed by atoms with E-state index in [1.165, 1.54) is 45.3 Å². The maximum atomic E-state index is 3.50. The van der Waals surface area contributed by atoms with E-state index in [1.807, 2.05) is 0 Å². The van der Waals surface area contributed by atoms with Gasteiger partial charge in [-0.15, -0.1) is 0 Å². The minimum atomic E-state index is 0.618. The molecular weight excluding hydrogens is 234 g/mol. The molecule has 3 heteroatoms. The second-order valence-electron chi connectivity index (χ2n) is 6.79. The molecule has 1 heterocycles. The van der Waals surface area contributed by atoms with E-state index in [2.05, 4.69) is 50.0 Å². The molecule has 3 nitrogen and oxygen atoms in total. The van der Waals surface area contributed by atoms with Gasteiger partial charge in [0.25, 0.3) is 0 Å². The van der Waals surface area contributed by atoms with Gasteiger partial charge in [0, 0.05) is 18.6 Å². The van der Waals surface area contributed by atoms with Crippen LogP contribution in [0.1, 0.15) is 46.5 Å². The lowest BCUT2D eigenvalue weighted by Crippen LogP contribution is -2.39. The van der Waals surface area contributed by atoms with E-state index in [9.17, 15) is 0 Å². The second-order valence-corrected chi connectivity index (χ2v) is 6.79. The van der Waals surface area contributed by atoms with Crippen molar-refractivity contribution in [3.8, 4) is 0 Å². The Morgan fingerprint density at radius 3 is 2.42 bits per heavy atom. The Bertz CT molecular complexity index is 222. The van der Waals surface area contributed by atoms with E-state index in [1.54, 1.807) is 0 Å². The number of nitrogens with one attached hydrogen (secondary N) is 1. The minimum absolute atomic E-state index is 0.618. The molecule has 1 rings (SSSR count). The molecule has 0 bridgehead atoms. The van der Waals surface area contributed by atoms with Crippen LogP contribution in [0.5, 0.6) is 0 Å². The summed E-state index contributed by atoms with van der Waals surface area (Å²) in [7, 11) is 4.54. The van der Waals surface area contributed by atoms with Crippen molar-refractivity contribution < 1.29 is 0 Å². The number of likely N-dealkylation sites (tertiary alicyclic amines) is 1. The summed E-state index contributed by atoms with van der Waals surface area (Å²) in [6.07, 6.45) is 5.35. The summed E-state index contributed by atoms with van der Waals surface area (Å²) in [4.78, 5) is 5.03. The van der Waals surface area contributed by atoms with Gasteiger partial charge in [-0.1, -0.05) is 13.8 Å². The molecule has 0 aromatic heterocycles. The van der Waals surface area contributed by atoms with Crippen LogP contribution in [0.2, 0.25) is 0 Å². The van der Waals surface area contributed by atoms with Crippen LogP contribution < -0.4 is 5.32 Å². The Labute approximate surface area is 120 Å². The summed E-state index contributed by atoms with van der Waals surface area (Å²) in [5.41, 5.74) is 0. The molecule has 1 fully saturated rings. The highest BCUT2D eigenvalue weighted by Gasteiger charge is 2.19. The fraction of sp³-hybridized carbons (Fsp3) is 1.00. The molecule has 1 atom stereocenters. The highest BCUT2D eigenvalue weighted by molar-refractivity contribution is 4.74. The Balaban J connectivity index is 2.12. The maximum Gasteiger partial charge on any atom is 0.00644 e. The monoisotopic (exact) mass is 269 g/mol. The van der Waals surface area contributed by atoms with Crippen molar-refractivity contribution in [2.24, 2.45) is 5.92 Å². The van der Waals surface area contributed by atoms with Crippen LogP contribution >= 0.6 is 0 Å². The lowest BCUT2D eigenvalue weighted by Gasteiger charge is -2.34. The van der Waals surface area contributed by atoms with Gasteiger partial charge in [-0.3, -0.25) is 0 Å². The molecule has 0 spiro atoms. The van der Waals surface area contributed by atoms with Gasteiger partial charge < -0.3 is 15.1 Å². The van der Waals surface area contributed by atoms with E-state index in [-0.39, 0.29) is 0 Å². The first-order chi connectivity index (χ1) is 8.99. The third-order valence-electron chi connectivity index (χ3n) is 4.49. The SMILES string of the molecule is CC(C)NCCCC(C)N(C)CC1CCN(C)CC1. The van der Waals surface area contributed by atoms with E-state index in [0.29, 0.717) is 12.1 Å².